The molecule has 1 atom stereocenters. The first-order chi connectivity index (χ1) is 10.9. The first-order valence-electron chi connectivity index (χ1n) is 8.37. The number of carbonyl (C=O) groups is 1. The van der Waals surface area contributed by atoms with E-state index in [0.29, 0.717) is 36.1 Å². The van der Waals surface area contributed by atoms with Gasteiger partial charge in [0, 0.05) is 17.8 Å². The summed E-state index contributed by atoms with van der Waals surface area (Å²) in [6.07, 6.45) is 0. The third-order valence-corrected chi connectivity index (χ3v) is 3.96. The zero-order chi connectivity index (χ0) is 17.4. The van der Waals surface area contributed by atoms with Gasteiger partial charge >= 0.3 is 5.97 Å². The Balaban J connectivity index is 2.82. The average molecular weight is 322 g/mol. The molecule has 0 amide bonds. The minimum Gasteiger partial charge on any atom is -0.493 e. The molecule has 5 nitrogen and oxygen atoms in total. The molecule has 0 saturated heterocycles. The van der Waals surface area contributed by atoms with Crippen LogP contribution in [-0.2, 0) is 4.74 Å². The molecular formula is C18H30N2O3. The number of hydrogen-bond donors (Lipinski definition) is 1. The van der Waals surface area contributed by atoms with Crippen LogP contribution in [0.4, 0.5) is 5.69 Å². The van der Waals surface area contributed by atoms with Gasteiger partial charge in [-0.1, -0.05) is 27.7 Å². The number of rotatable bonds is 9. The molecule has 1 rings (SSSR count). The second-order valence-electron chi connectivity index (χ2n) is 5.82. The second-order valence-corrected chi connectivity index (χ2v) is 5.82. The summed E-state index contributed by atoms with van der Waals surface area (Å²) in [6, 6.07) is 5.21. The van der Waals surface area contributed by atoms with Crippen LogP contribution in [-0.4, -0.2) is 43.2 Å². The Hall–Kier alpha value is -1.75. The number of anilines is 1. The standard InChI is InChI=1S/C18H30N2O3/c1-6-20(7-2)16(13(4)5)12-23-18(21)15-10-9-14(19)11-17(15)22-8-3/h9-11,13,16H,6-8,12,19H2,1-5H3/t16-/m1/s1. The van der Waals surface area contributed by atoms with Crippen molar-refractivity contribution in [1.29, 1.82) is 0 Å². The molecule has 0 aromatic heterocycles. The average Bonchev–Trinajstić information content (AvgIpc) is 2.51. The maximum Gasteiger partial charge on any atom is 0.341 e. The van der Waals surface area contributed by atoms with Crippen LogP contribution in [0.5, 0.6) is 5.75 Å². The van der Waals surface area contributed by atoms with Crippen LogP contribution in [0.15, 0.2) is 18.2 Å². The predicted molar refractivity (Wildman–Crippen MR) is 93.9 cm³/mol. The predicted octanol–water partition coefficient (Wildman–Crippen LogP) is 3.19. The second kappa shape index (κ2) is 9.40. The molecule has 0 fully saturated rings. The molecule has 0 aliphatic carbocycles. The van der Waals surface area contributed by atoms with E-state index in [9.17, 15) is 4.79 Å². The lowest BCUT2D eigenvalue weighted by atomic mass is 10.0. The Morgan fingerprint density at radius 1 is 1.22 bits per heavy atom. The van der Waals surface area contributed by atoms with E-state index in [4.69, 9.17) is 15.2 Å². The zero-order valence-corrected chi connectivity index (χ0v) is 15.0. The van der Waals surface area contributed by atoms with Gasteiger partial charge in [-0.3, -0.25) is 4.90 Å². The fourth-order valence-corrected chi connectivity index (χ4v) is 2.63. The van der Waals surface area contributed by atoms with Crippen LogP contribution < -0.4 is 10.5 Å². The number of nitrogens with two attached hydrogens (primary N) is 1. The van der Waals surface area contributed by atoms with E-state index in [0.717, 1.165) is 13.1 Å². The summed E-state index contributed by atoms with van der Waals surface area (Å²) in [5.41, 5.74) is 6.74. The molecule has 0 heterocycles. The van der Waals surface area contributed by atoms with Crippen LogP contribution in [0.3, 0.4) is 0 Å². The van der Waals surface area contributed by atoms with E-state index in [2.05, 4.69) is 32.6 Å². The van der Waals surface area contributed by atoms with Crippen molar-refractivity contribution >= 4 is 11.7 Å². The van der Waals surface area contributed by atoms with Crippen molar-refractivity contribution in [2.24, 2.45) is 5.92 Å². The first-order valence-corrected chi connectivity index (χ1v) is 8.37. The lowest BCUT2D eigenvalue weighted by molar-refractivity contribution is 0.0287. The third kappa shape index (κ3) is 5.43. The number of benzene rings is 1. The smallest absolute Gasteiger partial charge is 0.341 e. The van der Waals surface area contributed by atoms with E-state index < -0.39 is 0 Å². The van der Waals surface area contributed by atoms with Gasteiger partial charge in [0.25, 0.3) is 0 Å². The summed E-state index contributed by atoms with van der Waals surface area (Å²) >= 11 is 0. The van der Waals surface area contributed by atoms with Crippen molar-refractivity contribution in [3.8, 4) is 5.75 Å². The number of esters is 1. The van der Waals surface area contributed by atoms with E-state index in [1.54, 1.807) is 18.2 Å². The van der Waals surface area contributed by atoms with Gasteiger partial charge in [0.05, 0.1) is 6.61 Å². The highest BCUT2D eigenvalue weighted by Gasteiger charge is 2.22. The molecule has 0 radical (unpaired) electrons. The molecule has 0 aliphatic heterocycles. The van der Waals surface area contributed by atoms with Gasteiger partial charge in [-0.15, -0.1) is 0 Å². The zero-order valence-electron chi connectivity index (χ0n) is 15.0. The molecule has 1 aromatic rings. The Labute approximate surface area is 139 Å². The molecule has 0 bridgehead atoms. The maximum absolute atomic E-state index is 12.4. The van der Waals surface area contributed by atoms with Gasteiger partial charge in [0.15, 0.2) is 0 Å². The van der Waals surface area contributed by atoms with Gasteiger partial charge in [-0.05, 0) is 38.1 Å². The Morgan fingerprint density at radius 3 is 2.39 bits per heavy atom. The highest BCUT2D eigenvalue weighted by Crippen LogP contribution is 2.23. The summed E-state index contributed by atoms with van der Waals surface area (Å²) in [5.74, 6) is 0.508. The number of likely N-dealkylation sites (N-methyl/N-ethyl adjacent to an activating group) is 1. The lowest BCUT2D eigenvalue weighted by Crippen LogP contribution is -2.42. The number of nitrogens with zero attached hydrogens (tertiary/aromatic N) is 1. The first kappa shape index (κ1) is 19.3. The summed E-state index contributed by atoms with van der Waals surface area (Å²) in [4.78, 5) is 14.7. The SMILES string of the molecule is CCOc1cc(N)ccc1C(=O)OC[C@H](C(C)C)N(CC)CC. The van der Waals surface area contributed by atoms with Crippen LogP contribution >= 0.6 is 0 Å². The normalized spacial score (nSPS) is 12.5. The van der Waals surface area contributed by atoms with Crippen molar-refractivity contribution in [2.75, 3.05) is 32.0 Å². The van der Waals surface area contributed by atoms with Crippen LogP contribution in [0.2, 0.25) is 0 Å². The fourth-order valence-electron chi connectivity index (χ4n) is 2.63. The molecule has 130 valence electrons. The highest BCUT2D eigenvalue weighted by molar-refractivity contribution is 5.93. The summed E-state index contributed by atoms with van der Waals surface area (Å²) in [7, 11) is 0. The molecular weight excluding hydrogens is 292 g/mol. The van der Waals surface area contributed by atoms with Gasteiger partial charge in [-0.25, -0.2) is 4.79 Å². The number of carbonyl (C=O) groups excluding carboxylic acids is 1. The molecule has 23 heavy (non-hydrogen) atoms. The van der Waals surface area contributed by atoms with E-state index in [1.165, 1.54) is 0 Å². The quantitative estimate of drug-likeness (QED) is 0.559. The third-order valence-electron chi connectivity index (χ3n) is 3.96. The van der Waals surface area contributed by atoms with Crippen LogP contribution in [0.1, 0.15) is 45.0 Å². The number of hydrogen-bond acceptors (Lipinski definition) is 5. The summed E-state index contributed by atoms with van der Waals surface area (Å²) < 4.78 is 11.1. The Kier molecular flexibility index (Phi) is 7.89. The van der Waals surface area contributed by atoms with E-state index in [-0.39, 0.29) is 12.0 Å². The summed E-state index contributed by atoms with van der Waals surface area (Å²) in [6.45, 7) is 13.1. The molecule has 2 N–H and O–H groups in total. The van der Waals surface area contributed by atoms with E-state index in [1.807, 2.05) is 6.92 Å². The number of ether oxygens (including phenoxy) is 2. The Morgan fingerprint density at radius 2 is 1.87 bits per heavy atom. The highest BCUT2D eigenvalue weighted by atomic mass is 16.5. The molecule has 0 spiro atoms. The van der Waals surface area contributed by atoms with Gasteiger partial charge < -0.3 is 15.2 Å². The van der Waals surface area contributed by atoms with Crippen LogP contribution in [0.25, 0.3) is 0 Å². The van der Waals surface area contributed by atoms with Crippen molar-refractivity contribution in [2.45, 2.75) is 40.7 Å². The van der Waals surface area contributed by atoms with Gasteiger partial charge in [-0.2, -0.15) is 0 Å². The molecule has 0 saturated carbocycles. The van der Waals surface area contributed by atoms with Gasteiger partial charge in [0.2, 0.25) is 0 Å². The molecule has 5 heteroatoms. The topological polar surface area (TPSA) is 64.8 Å². The van der Waals surface area contributed by atoms with E-state index >= 15 is 0 Å². The van der Waals surface area contributed by atoms with Crippen molar-refractivity contribution < 1.29 is 14.3 Å². The van der Waals surface area contributed by atoms with Crippen molar-refractivity contribution in [3.63, 3.8) is 0 Å². The Bertz CT molecular complexity index is 499. The molecule has 0 unspecified atom stereocenters. The largest absolute Gasteiger partial charge is 0.493 e. The summed E-state index contributed by atoms with van der Waals surface area (Å²) in [5, 5.41) is 0. The lowest BCUT2D eigenvalue weighted by Gasteiger charge is -2.32. The minimum absolute atomic E-state index is 0.207. The molecule has 0 aliphatic rings. The van der Waals surface area contributed by atoms with Crippen LogP contribution in [0, 0.1) is 5.92 Å². The maximum atomic E-state index is 12.4. The number of nitrogen functional groups attached to an aromatic ring is 1. The van der Waals surface area contributed by atoms with Crippen molar-refractivity contribution in [3.05, 3.63) is 23.8 Å². The fraction of sp³-hybridized carbons (Fsp3) is 0.611. The van der Waals surface area contributed by atoms with Gasteiger partial charge in [0.1, 0.15) is 17.9 Å². The van der Waals surface area contributed by atoms with Crippen molar-refractivity contribution in [1.82, 2.24) is 4.90 Å². The molecule has 1 aromatic carbocycles. The minimum atomic E-state index is -0.369. The monoisotopic (exact) mass is 322 g/mol.